The van der Waals surface area contributed by atoms with Crippen LogP contribution in [-0.4, -0.2) is 20.1 Å². The molecule has 5 heteroatoms. The molecule has 0 unspecified atom stereocenters. The highest BCUT2D eigenvalue weighted by atomic mass is 16.3. The summed E-state index contributed by atoms with van der Waals surface area (Å²) in [6.07, 6.45) is 0. The fourth-order valence-corrected chi connectivity index (χ4v) is 7.28. The molecule has 10 aromatic rings. The van der Waals surface area contributed by atoms with Crippen molar-refractivity contribution < 1.29 is 9.52 Å². The van der Waals surface area contributed by atoms with Gasteiger partial charge in [0.05, 0.1) is 0 Å². The smallest absolute Gasteiger partial charge is 0.164 e. The van der Waals surface area contributed by atoms with E-state index in [1.165, 1.54) is 10.8 Å². The number of nitrogens with zero attached hydrogens (tertiary/aromatic N) is 3. The number of rotatable bonds is 5. The highest BCUT2D eigenvalue weighted by Gasteiger charge is 2.22. The Labute approximate surface area is 299 Å². The van der Waals surface area contributed by atoms with Crippen LogP contribution in [0.2, 0.25) is 0 Å². The second-order valence-corrected chi connectivity index (χ2v) is 13.0. The summed E-state index contributed by atoms with van der Waals surface area (Å²) < 4.78 is 6.10. The van der Waals surface area contributed by atoms with Gasteiger partial charge in [0.25, 0.3) is 0 Å². The van der Waals surface area contributed by atoms with Crippen LogP contribution in [0.1, 0.15) is 0 Å². The van der Waals surface area contributed by atoms with Crippen molar-refractivity contribution >= 4 is 43.5 Å². The maximum absolute atomic E-state index is 12.3. The minimum absolute atomic E-state index is 0.149. The Hall–Kier alpha value is -7.11. The lowest BCUT2D eigenvalue weighted by atomic mass is 9.92. The second kappa shape index (κ2) is 12.0. The number of furan rings is 1. The van der Waals surface area contributed by atoms with Gasteiger partial charge >= 0.3 is 0 Å². The minimum atomic E-state index is 0.149. The third kappa shape index (κ3) is 4.98. The lowest BCUT2D eigenvalue weighted by molar-refractivity contribution is 0.479. The van der Waals surface area contributed by atoms with E-state index in [9.17, 15) is 5.11 Å². The number of benzene rings is 8. The number of hydrogen-bond donors (Lipinski definition) is 1. The molecule has 0 spiro atoms. The Bertz CT molecular complexity index is 2970. The molecular formula is C47H29N3O2. The molecule has 0 saturated heterocycles. The molecular weight excluding hydrogens is 639 g/mol. The van der Waals surface area contributed by atoms with Crippen LogP contribution in [0.4, 0.5) is 0 Å². The topological polar surface area (TPSA) is 72.0 Å². The van der Waals surface area contributed by atoms with E-state index in [0.29, 0.717) is 34.2 Å². The monoisotopic (exact) mass is 667 g/mol. The van der Waals surface area contributed by atoms with E-state index in [2.05, 4.69) is 66.7 Å². The van der Waals surface area contributed by atoms with Crippen molar-refractivity contribution in [1.82, 2.24) is 15.0 Å². The second-order valence-electron chi connectivity index (χ2n) is 13.0. The quantitative estimate of drug-likeness (QED) is 0.185. The van der Waals surface area contributed by atoms with Crippen molar-refractivity contribution in [2.75, 3.05) is 0 Å². The molecule has 0 aliphatic carbocycles. The Kier molecular flexibility index (Phi) is 6.89. The summed E-state index contributed by atoms with van der Waals surface area (Å²) in [4.78, 5) is 15.2. The van der Waals surface area contributed by atoms with Gasteiger partial charge < -0.3 is 9.52 Å². The summed E-state index contributed by atoms with van der Waals surface area (Å²) in [5, 5.41) is 18.9. The lowest BCUT2D eigenvalue weighted by Crippen LogP contribution is -2.01. The van der Waals surface area contributed by atoms with Crippen LogP contribution >= 0.6 is 0 Å². The first-order chi connectivity index (χ1) is 25.7. The first-order valence-electron chi connectivity index (χ1n) is 17.2. The fraction of sp³-hybridized carbons (Fsp3) is 0. The van der Waals surface area contributed by atoms with Crippen molar-refractivity contribution in [3.05, 3.63) is 170 Å². The van der Waals surface area contributed by atoms with E-state index in [0.717, 1.165) is 55.0 Å². The predicted molar refractivity (Wildman–Crippen MR) is 211 cm³/mol. The first-order valence-corrected chi connectivity index (χ1v) is 17.2. The van der Waals surface area contributed by atoms with E-state index in [4.69, 9.17) is 19.4 Å². The van der Waals surface area contributed by atoms with Gasteiger partial charge in [0.1, 0.15) is 16.9 Å². The summed E-state index contributed by atoms with van der Waals surface area (Å²) in [6.45, 7) is 0. The molecule has 0 bridgehead atoms. The molecule has 0 saturated carbocycles. The Morgan fingerprint density at radius 2 is 0.923 bits per heavy atom. The van der Waals surface area contributed by atoms with Gasteiger partial charge in [-0.1, -0.05) is 133 Å². The molecule has 0 atom stereocenters. The Morgan fingerprint density at radius 3 is 1.73 bits per heavy atom. The number of hydrogen-bond acceptors (Lipinski definition) is 5. The fourth-order valence-electron chi connectivity index (χ4n) is 7.28. The van der Waals surface area contributed by atoms with Crippen LogP contribution in [-0.2, 0) is 0 Å². The molecule has 52 heavy (non-hydrogen) atoms. The highest BCUT2D eigenvalue weighted by molar-refractivity contribution is 6.09. The molecule has 0 fully saturated rings. The molecule has 10 rings (SSSR count). The Balaban J connectivity index is 1.20. The summed E-state index contributed by atoms with van der Waals surface area (Å²) >= 11 is 0. The SMILES string of the molecule is Oc1c(-c2ccc3oc4ccccc4c3c2)ccc(-c2nc(-c3ccccc3)nc(-c3ccc4ccc5ccccc5c4c3)n2)c1-c1ccccc1. The van der Waals surface area contributed by atoms with Crippen LogP contribution in [0.3, 0.4) is 0 Å². The van der Waals surface area contributed by atoms with E-state index in [-0.39, 0.29) is 5.75 Å². The normalized spacial score (nSPS) is 11.5. The van der Waals surface area contributed by atoms with Gasteiger partial charge in [0, 0.05) is 38.6 Å². The molecule has 8 aromatic carbocycles. The zero-order valence-corrected chi connectivity index (χ0v) is 27.9. The number of aromatic hydroxyl groups is 1. The van der Waals surface area contributed by atoms with Crippen LogP contribution in [0, 0.1) is 0 Å². The van der Waals surface area contributed by atoms with Crippen LogP contribution in [0.25, 0.3) is 99.9 Å². The molecule has 5 nitrogen and oxygen atoms in total. The van der Waals surface area contributed by atoms with Crippen LogP contribution < -0.4 is 0 Å². The molecule has 0 radical (unpaired) electrons. The van der Waals surface area contributed by atoms with E-state index in [1.54, 1.807) is 0 Å². The van der Waals surface area contributed by atoms with Crippen molar-refractivity contribution in [1.29, 1.82) is 0 Å². The van der Waals surface area contributed by atoms with E-state index < -0.39 is 0 Å². The van der Waals surface area contributed by atoms with E-state index >= 15 is 0 Å². The summed E-state index contributed by atoms with van der Waals surface area (Å²) in [6, 6.07) is 57.0. The zero-order valence-electron chi connectivity index (χ0n) is 27.9. The number of phenols is 1. The molecule has 1 N–H and O–H groups in total. The van der Waals surface area contributed by atoms with Crippen molar-refractivity contribution in [3.63, 3.8) is 0 Å². The predicted octanol–water partition coefficient (Wildman–Crippen LogP) is 12.1. The van der Waals surface area contributed by atoms with Gasteiger partial charge in [-0.2, -0.15) is 0 Å². The van der Waals surface area contributed by atoms with Gasteiger partial charge in [-0.15, -0.1) is 0 Å². The molecule has 0 aliphatic rings. The summed E-state index contributed by atoms with van der Waals surface area (Å²) in [5.41, 5.74) is 7.18. The van der Waals surface area contributed by atoms with Gasteiger partial charge in [-0.05, 0) is 69.1 Å². The summed E-state index contributed by atoms with van der Waals surface area (Å²) in [7, 11) is 0. The molecule has 2 aromatic heterocycles. The van der Waals surface area contributed by atoms with E-state index in [1.807, 2.05) is 103 Å². The molecule has 2 heterocycles. The maximum atomic E-state index is 12.3. The number of para-hydroxylation sites is 1. The van der Waals surface area contributed by atoms with Gasteiger partial charge in [0.15, 0.2) is 17.5 Å². The average molecular weight is 668 g/mol. The van der Waals surface area contributed by atoms with Crippen LogP contribution in [0.5, 0.6) is 5.75 Å². The molecule has 0 aliphatic heterocycles. The molecule has 244 valence electrons. The highest BCUT2D eigenvalue weighted by Crippen LogP contribution is 2.45. The van der Waals surface area contributed by atoms with Gasteiger partial charge in [-0.25, -0.2) is 15.0 Å². The molecule has 0 amide bonds. The minimum Gasteiger partial charge on any atom is -0.507 e. The van der Waals surface area contributed by atoms with Crippen molar-refractivity contribution in [3.8, 4) is 62.2 Å². The van der Waals surface area contributed by atoms with Gasteiger partial charge in [0.2, 0.25) is 0 Å². The van der Waals surface area contributed by atoms with Crippen molar-refractivity contribution in [2.45, 2.75) is 0 Å². The Morgan fingerprint density at radius 1 is 0.365 bits per heavy atom. The standard InChI is InChI=1S/C47H29N3O2/c51-44-36(33-23-26-42-40(27-33)37-17-9-10-18-41(37)52-42)24-25-38(43(44)31-12-3-1-4-13-31)47-49-45(32-14-5-2-6-15-32)48-46(50-47)34-22-21-30-20-19-29-11-7-8-16-35(29)39(30)28-34/h1-28,51H. The largest absolute Gasteiger partial charge is 0.507 e. The average Bonchev–Trinajstić information content (AvgIpc) is 3.59. The van der Waals surface area contributed by atoms with Crippen LogP contribution in [0.15, 0.2) is 174 Å². The van der Waals surface area contributed by atoms with Gasteiger partial charge in [-0.3, -0.25) is 0 Å². The third-order valence-corrected chi connectivity index (χ3v) is 9.84. The zero-order chi connectivity index (χ0) is 34.6. The summed E-state index contributed by atoms with van der Waals surface area (Å²) in [5.74, 6) is 1.73. The lowest BCUT2D eigenvalue weighted by Gasteiger charge is -2.16. The number of fused-ring (bicyclic) bond motifs is 6. The number of phenolic OH excluding ortho intramolecular Hbond substituents is 1. The number of aromatic nitrogens is 3. The third-order valence-electron chi connectivity index (χ3n) is 9.84. The maximum Gasteiger partial charge on any atom is 0.164 e. The van der Waals surface area contributed by atoms with Crippen molar-refractivity contribution in [2.24, 2.45) is 0 Å². The first kappa shape index (κ1) is 29.8.